The van der Waals surface area contributed by atoms with Crippen molar-refractivity contribution < 1.29 is 19.1 Å². The lowest BCUT2D eigenvalue weighted by molar-refractivity contribution is -0.132. The number of amides is 3. The molecule has 38 heavy (non-hydrogen) atoms. The molecule has 8 nitrogen and oxygen atoms in total. The van der Waals surface area contributed by atoms with E-state index >= 15 is 0 Å². The first kappa shape index (κ1) is 25.9. The minimum absolute atomic E-state index is 0.0743. The van der Waals surface area contributed by atoms with Gasteiger partial charge in [0, 0.05) is 24.6 Å². The van der Waals surface area contributed by atoms with Gasteiger partial charge in [0.2, 0.25) is 12.1 Å². The Morgan fingerprint density at radius 2 is 1.68 bits per heavy atom. The lowest BCUT2D eigenvalue weighted by atomic mass is 10.00. The molecule has 3 aliphatic rings. The fraction of sp³-hybridized carbons (Fsp3) is 0.467. The Morgan fingerprint density at radius 1 is 0.974 bits per heavy atom. The number of para-hydroxylation sites is 1. The molecule has 0 bridgehead atoms. The van der Waals surface area contributed by atoms with Gasteiger partial charge in [0.15, 0.2) is 0 Å². The lowest BCUT2D eigenvalue weighted by Gasteiger charge is -2.30. The number of likely N-dealkylation sites (tertiary alicyclic amines) is 1. The second kappa shape index (κ2) is 11.8. The van der Waals surface area contributed by atoms with Gasteiger partial charge < -0.3 is 9.64 Å². The Bertz CT molecular complexity index is 1200. The number of benzodiazepines with no additional fused rings is 1. The van der Waals surface area contributed by atoms with E-state index in [1.54, 1.807) is 0 Å². The second-order valence-corrected chi connectivity index (χ2v) is 10.4. The molecule has 1 saturated heterocycles. The monoisotopic (exact) mass is 516 g/mol. The summed E-state index contributed by atoms with van der Waals surface area (Å²) in [6.07, 6.45) is 5.46. The molecule has 2 fully saturated rings. The van der Waals surface area contributed by atoms with Gasteiger partial charge in [-0.15, -0.1) is 0 Å². The van der Waals surface area contributed by atoms with Crippen LogP contribution in [0.1, 0.15) is 61.6 Å². The van der Waals surface area contributed by atoms with Gasteiger partial charge in [-0.25, -0.2) is 4.79 Å². The highest BCUT2D eigenvalue weighted by molar-refractivity contribution is 6.16. The molecule has 0 radical (unpaired) electrons. The van der Waals surface area contributed by atoms with Crippen LogP contribution in [0.5, 0.6) is 0 Å². The van der Waals surface area contributed by atoms with Crippen LogP contribution >= 0.6 is 0 Å². The average molecular weight is 517 g/mol. The van der Waals surface area contributed by atoms with Gasteiger partial charge in [-0.2, -0.15) is 0 Å². The summed E-state index contributed by atoms with van der Waals surface area (Å²) in [7, 11) is 0. The fourth-order valence-corrected chi connectivity index (χ4v) is 5.29. The van der Waals surface area contributed by atoms with Crippen molar-refractivity contribution in [1.82, 2.24) is 10.2 Å². The second-order valence-electron chi connectivity index (χ2n) is 10.4. The number of carbonyl (C=O) groups is 3. The van der Waals surface area contributed by atoms with Crippen LogP contribution in [0.2, 0.25) is 0 Å². The first-order valence-corrected chi connectivity index (χ1v) is 13.8. The standard InChI is InChI=1S/C30H36N4O4/c1-21-11-10-14-24-26(23-15-16-23)31-28(32-30(37)38-20-22-12-6-5-7-13-22)29(36)34(27(21)24)19-25(35)33-17-8-3-2-4-9-18-33/h5-7,10-14,23,28H,2-4,8-9,15-20H2,1H3,(H,32,37)/t28-/m1/s1. The van der Waals surface area contributed by atoms with Crippen LogP contribution in [0.25, 0.3) is 0 Å². The van der Waals surface area contributed by atoms with Crippen molar-refractivity contribution >= 4 is 29.3 Å². The van der Waals surface area contributed by atoms with E-state index in [9.17, 15) is 14.4 Å². The van der Waals surface area contributed by atoms with Crippen LogP contribution in [-0.4, -0.2) is 54.3 Å². The molecule has 3 amide bonds. The summed E-state index contributed by atoms with van der Waals surface area (Å²) in [6, 6.07) is 15.2. The number of rotatable bonds is 6. The molecule has 1 atom stereocenters. The molecule has 2 aliphatic heterocycles. The fourth-order valence-electron chi connectivity index (χ4n) is 5.29. The lowest BCUT2D eigenvalue weighted by Crippen LogP contribution is -2.51. The summed E-state index contributed by atoms with van der Waals surface area (Å²) in [5, 5.41) is 2.68. The highest BCUT2D eigenvalue weighted by Gasteiger charge is 2.39. The molecule has 2 heterocycles. The zero-order valence-corrected chi connectivity index (χ0v) is 22.0. The predicted molar refractivity (Wildman–Crippen MR) is 146 cm³/mol. The van der Waals surface area contributed by atoms with Gasteiger partial charge in [0.1, 0.15) is 13.2 Å². The highest BCUT2D eigenvalue weighted by atomic mass is 16.5. The third-order valence-electron chi connectivity index (χ3n) is 7.49. The van der Waals surface area contributed by atoms with E-state index in [0.29, 0.717) is 18.8 Å². The Labute approximate surface area is 224 Å². The number of benzene rings is 2. The summed E-state index contributed by atoms with van der Waals surface area (Å²) in [5.74, 6) is -0.263. The highest BCUT2D eigenvalue weighted by Crippen LogP contribution is 2.39. The third-order valence-corrected chi connectivity index (χ3v) is 7.49. The van der Waals surface area contributed by atoms with E-state index in [0.717, 1.165) is 60.9 Å². The number of hydrogen-bond acceptors (Lipinski definition) is 5. The molecule has 1 saturated carbocycles. The molecule has 1 aliphatic carbocycles. The summed E-state index contributed by atoms with van der Waals surface area (Å²) >= 11 is 0. The predicted octanol–water partition coefficient (Wildman–Crippen LogP) is 4.59. The number of aliphatic imine (C=N–C) groups is 1. The van der Waals surface area contributed by atoms with Crippen molar-refractivity contribution in [3.05, 3.63) is 65.2 Å². The maximum absolute atomic E-state index is 14.0. The van der Waals surface area contributed by atoms with Crippen molar-refractivity contribution in [3.63, 3.8) is 0 Å². The van der Waals surface area contributed by atoms with Gasteiger partial charge in [-0.3, -0.25) is 24.8 Å². The Morgan fingerprint density at radius 3 is 2.39 bits per heavy atom. The molecular formula is C30H36N4O4. The number of ether oxygens (including phenoxy) is 1. The molecule has 2 aromatic rings. The van der Waals surface area contributed by atoms with Gasteiger partial charge in [-0.1, -0.05) is 67.8 Å². The normalized spacial score (nSPS) is 20.0. The maximum Gasteiger partial charge on any atom is 0.409 e. The summed E-state index contributed by atoms with van der Waals surface area (Å²) < 4.78 is 5.40. The van der Waals surface area contributed by atoms with Gasteiger partial charge in [0.05, 0.1) is 11.4 Å². The smallest absolute Gasteiger partial charge is 0.409 e. The number of hydrogen-bond donors (Lipinski definition) is 1. The largest absolute Gasteiger partial charge is 0.445 e. The van der Waals surface area contributed by atoms with Crippen molar-refractivity contribution in [2.75, 3.05) is 24.5 Å². The molecule has 8 heteroatoms. The number of fused-ring (bicyclic) bond motifs is 1. The number of carbonyl (C=O) groups excluding carboxylic acids is 3. The maximum atomic E-state index is 14.0. The van der Waals surface area contributed by atoms with E-state index < -0.39 is 18.2 Å². The molecule has 0 unspecified atom stereocenters. The quantitative estimate of drug-likeness (QED) is 0.608. The summed E-state index contributed by atoms with van der Waals surface area (Å²) in [6.45, 7) is 3.37. The van der Waals surface area contributed by atoms with E-state index in [2.05, 4.69) is 5.32 Å². The number of anilines is 1. The molecule has 200 valence electrons. The third kappa shape index (κ3) is 6.06. The molecule has 2 aromatic carbocycles. The minimum atomic E-state index is -1.17. The topological polar surface area (TPSA) is 91.3 Å². The zero-order chi connectivity index (χ0) is 26.5. The van der Waals surface area contributed by atoms with E-state index in [1.807, 2.05) is 60.4 Å². The van der Waals surface area contributed by atoms with Crippen LogP contribution < -0.4 is 10.2 Å². The minimum Gasteiger partial charge on any atom is -0.445 e. The molecule has 5 rings (SSSR count). The van der Waals surface area contributed by atoms with E-state index in [4.69, 9.17) is 9.73 Å². The number of aryl methyl sites for hydroxylation is 1. The number of nitrogens with zero attached hydrogens (tertiary/aromatic N) is 3. The van der Waals surface area contributed by atoms with Crippen LogP contribution in [0.3, 0.4) is 0 Å². The van der Waals surface area contributed by atoms with Gasteiger partial charge >= 0.3 is 6.09 Å². The molecular weight excluding hydrogens is 480 g/mol. The van der Waals surface area contributed by atoms with Crippen molar-refractivity contribution in [1.29, 1.82) is 0 Å². The molecule has 0 spiro atoms. The number of nitrogens with one attached hydrogen (secondary N) is 1. The Hall–Kier alpha value is -3.68. The SMILES string of the molecule is Cc1cccc2c1N(CC(=O)N1CCCCCCC1)C(=O)[C@@H](NC(=O)OCc1ccccc1)N=C2C1CC1. The Balaban J connectivity index is 1.41. The average Bonchev–Trinajstić information content (AvgIpc) is 3.74. The number of alkyl carbamates (subject to hydrolysis) is 1. The van der Waals surface area contributed by atoms with Crippen LogP contribution in [-0.2, 0) is 20.9 Å². The van der Waals surface area contributed by atoms with Crippen LogP contribution in [0, 0.1) is 12.8 Å². The summed E-state index contributed by atoms with van der Waals surface area (Å²) in [5.41, 5.74) is 4.14. The van der Waals surface area contributed by atoms with Gasteiger partial charge in [0.25, 0.3) is 5.91 Å². The van der Waals surface area contributed by atoms with Crippen molar-refractivity contribution in [2.45, 2.75) is 64.6 Å². The van der Waals surface area contributed by atoms with Crippen molar-refractivity contribution in [3.8, 4) is 0 Å². The Kier molecular flexibility index (Phi) is 8.05. The zero-order valence-electron chi connectivity index (χ0n) is 22.0. The van der Waals surface area contributed by atoms with Crippen LogP contribution in [0.4, 0.5) is 10.5 Å². The first-order chi connectivity index (χ1) is 18.5. The van der Waals surface area contributed by atoms with Crippen LogP contribution in [0.15, 0.2) is 53.5 Å². The van der Waals surface area contributed by atoms with Crippen molar-refractivity contribution in [2.24, 2.45) is 10.9 Å². The molecule has 0 aromatic heterocycles. The van der Waals surface area contributed by atoms with E-state index in [1.165, 1.54) is 11.3 Å². The van der Waals surface area contributed by atoms with E-state index in [-0.39, 0.29) is 25.0 Å². The van der Waals surface area contributed by atoms with Gasteiger partial charge in [-0.05, 0) is 43.7 Å². The molecule has 1 N–H and O–H groups in total. The first-order valence-electron chi connectivity index (χ1n) is 13.8. The summed E-state index contributed by atoms with van der Waals surface area (Å²) in [4.78, 5) is 48.5.